The summed E-state index contributed by atoms with van der Waals surface area (Å²) in [5.41, 5.74) is 8.52. The van der Waals surface area contributed by atoms with Crippen LogP contribution in [-0.4, -0.2) is 62.4 Å². The van der Waals surface area contributed by atoms with E-state index in [1.54, 1.807) is 26.0 Å². The topological polar surface area (TPSA) is 87.5 Å². The van der Waals surface area contributed by atoms with E-state index in [1.807, 2.05) is 46.4 Å². The molecule has 1 aliphatic rings. The Hall–Kier alpha value is -5.41. The van der Waals surface area contributed by atoms with Crippen molar-refractivity contribution in [2.75, 3.05) is 25.0 Å². The fraction of sp³-hybridized carbons (Fsp3) is 0.286. The summed E-state index contributed by atoms with van der Waals surface area (Å²) in [5, 5.41) is 9.83. The first kappa shape index (κ1) is 34.1. The zero-order valence-electron chi connectivity index (χ0n) is 29.5. The normalized spacial score (nSPS) is 14.5. The number of hydrogen-bond acceptors (Lipinski definition) is 4. The van der Waals surface area contributed by atoms with Crippen molar-refractivity contribution in [1.82, 2.24) is 24.9 Å². The Balaban J connectivity index is 1.13. The highest BCUT2D eigenvalue weighted by Crippen LogP contribution is 2.36. The van der Waals surface area contributed by atoms with E-state index in [9.17, 15) is 14.0 Å². The second kappa shape index (κ2) is 14.8. The molecule has 3 heterocycles. The maximum absolute atomic E-state index is 13.7. The third kappa shape index (κ3) is 7.54. The number of aryl methyl sites for hydroxylation is 1. The molecule has 1 saturated heterocycles. The summed E-state index contributed by atoms with van der Waals surface area (Å²) in [4.78, 5) is 35.6. The Labute approximate surface area is 298 Å². The predicted octanol–water partition coefficient (Wildman–Crippen LogP) is 8.44. The Kier molecular flexibility index (Phi) is 9.90. The van der Waals surface area contributed by atoms with Crippen LogP contribution in [0.15, 0.2) is 103 Å². The molecule has 2 aromatic heterocycles. The van der Waals surface area contributed by atoms with Crippen molar-refractivity contribution in [1.29, 1.82) is 0 Å². The van der Waals surface area contributed by atoms with Crippen LogP contribution in [0.5, 0.6) is 0 Å². The number of hydrazine groups is 1. The van der Waals surface area contributed by atoms with Gasteiger partial charge in [0, 0.05) is 85.6 Å². The number of hydrogen-bond donors (Lipinski definition) is 3. The molecule has 0 bridgehead atoms. The van der Waals surface area contributed by atoms with Gasteiger partial charge in [0.1, 0.15) is 5.82 Å². The van der Waals surface area contributed by atoms with E-state index in [0.717, 1.165) is 62.7 Å². The van der Waals surface area contributed by atoms with Gasteiger partial charge < -0.3 is 20.2 Å². The molecule has 4 aromatic carbocycles. The Bertz CT molecular complexity index is 2150. The number of rotatable bonds is 11. The van der Waals surface area contributed by atoms with Crippen molar-refractivity contribution in [3.63, 3.8) is 0 Å². The fourth-order valence-corrected chi connectivity index (χ4v) is 7.67. The number of fused-ring (bicyclic) bond motifs is 2. The summed E-state index contributed by atoms with van der Waals surface area (Å²) in [5.74, 6) is 0.00589. The standard InChI is InChI=1S/C42H45FN6O2/c1-28-8-4-5-9-32(28)26-47(29(2)50)27-37(22-33-24-44-41-11-7-6-10-38(33)41)49(30(3)51)48-20-18-31(19-21-48)40-25-45-42-17-16-36(23-39(40)42)46-35-14-12-34(43)13-15-35/h4-17,23-25,31,37,44-46H,18-22,26-27H2,1-3H3/t37-/m1/s1. The van der Waals surface area contributed by atoms with Crippen molar-refractivity contribution in [2.24, 2.45) is 0 Å². The predicted molar refractivity (Wildman–Crippen MR) is 202 cm³/mol. The third-order valence-electron chi connectivity index (χ3n) is 10.4. The summed E-state index contributed by atoms with van der Waals surface area (Å²) in [6.07, 6.45) is 6.52. The third-order valence-corrected chi connectivity index (χ3v) is 10.4. The number of carbonyl (C=O) groups is 2. The van der Waals surface area contributed by atoms with Gasteiger partial charge in [-0.2, -0.15) is 0 Å². The number of benzene rings is 4. The molecular formula is C42H45FN6O2. The zero-order chi connectivity index (χ0) is 35.5. The van der Waals surface area contributed by atoms with Gasteiger partial charge in [-0.3, -0.25) is 14.6 Å². The quantitative estimate of drug-likeness (QED) is 0.128. The average molecular weight is 685 g/mol. The number of halogens is 1. The van der Waals surface area contributed by atoms with Gasteiger partial charge in [0.05, 0.1) is 6.04 Å². The summed E-state index contributed by atoms with van der Waals surface area (Å²) >= 11 is 0. The van der Waals surface area contributed by atoms with E-state index in [1.165, 1.54) is 17.7 Å². The lowest BCUT2D eigenvalue weighted by Gasteiger charge is -2.44. The molecule has 51 heavy (non-hydrogen) atoms. The van der Waals surface area contributed by atoms with Crippen molar-refractivity contribution < 1.29 is 14.0 Å². The minimum absolute atomic E-state index is 0.0167. The number of aromatic amines is 2. The molecule has 1 fully saturated rings. The Morgan fingerprint density at radius 2 is 1.51 bits per heavy atom. The number of H-pyrrole nitrogens is 2. The number of nitrogens with one attached hydrogen (secondary N) is 3. The van der Waals surface area contributed by atoms with Crippen LogP contribution in [0.4, 0.5) is 15.8 Å². The van der Waals surface area contributed by atoms with E-state index in [0.29, 0.717) is 38.5 Å². The molecule has 2 amide bonds. The first-order valence-corrected chi connectivity index (χ1v) is 17.8. The highest BCUT2D eigenvalue weighted by Gasteiger charge is 2.34. The fourth-order valence-electron chi connectivity index (χ4n) is 7.67. The molecule has 6 aromatic rings. The molecular weight excluding hydrogens is 640 g/mol. The summed E-state index contributed by atoms with van der Waals surface area (Å²) < 4.78 is 13.5. The number of anilines is 2. The molecule has 1 atom stereocenters. The highest BCUT2D eigenvalue weighted by molar-refractivity contribution is 5.88. The largest absolute Gasteiger partial charge is 0.361 e. The second-order valence-electron chi connectivity index (χ2n) is 13.8. The molecule has 8 nitrogen and oxygen atoms in total. The van der Waals surface area contributed by atoms with Crippen molar-refractivity contribution in [3.05, 3.63) is 131 Å². The highest BCUT2D eigenvalue weighted by atomic mass is 19.1. The lowest BCUT2D eigenvalue weighted by Crippen LogP contribution is -2.57. The number of carbonyl (C=O) groups excluding carboxylic acids is 2. The first-order chi connectivity index (χ1) is 24.7. The van der Waals surface area contributed by atoms with Crippen LogP contribution in [-0.2, 0) is 22.6 Å². The first-order valence-electron chi connectivity index (χ1n) is 17.8. The molecule has 3 N–H and O–H groups in total. The average Bonchev–Trinajstić information content (AvgIpc) is 3.74. The van der Waals surface area contributed by atoms with Gasteiger partial charge >= 0.3 is 0 Å². The van der Waals surface area contributed by atoms with Gasteiger partial charge in [-0.25, -0.2) is 9.40 Å². The minimum atomic E-state index is -0.264. The number of piperidine rings is 1. The van der Waals surface area contributed by atoms with Crippen molar-refractivity contribution in [2.45, 2.75) is 58.5 Å². The SMILES string of the molecule is CC(=O)N(Cc1ccccc1C)C[C@@H](Cc1c[nH]c2ccccc12)N(C(C)=O)N1CCC(c2c[nH]c3ccc(Nc4ccc(F)cc4)cc23)CC1. The van der Waals surface area contributed by atoms with Crippen LogP contribution < -0.4 is 5.32 Å². The number of nitrogens with zero attached hydrogens (tertiary/aromatic N) is 3. The molecule has 0 saturated carbocycles. The van der Waals surface area contributed by atoms with E-state index in [4.69, 9.17) is 0 Å². The number of para-hydroxylation sites is 1. The van der Waals surface area contributed by atoms with Crippen LogP contribution in [0.1, 0.15) is 54.9 Å². The van der Waals surface area contributed by atoms with E-state index in [-0.39, 0.29) is 23.7 Å². The molecule has 0 spiro atoms. The van der Waals surface area contributed by atoms with Crippen LogP contribution in [0.3, 0.4) is 0 Å². The Morgan fingerprint density at radius 1 is 0.824 bits per heavy atom. The van der Waals surface area contributed by atoms with Crippen molar-refractivity contribution >= 4 is 45.0 Å². The maximum Gasteiger partial charge on any atom is 0.234 e. The number of aromatic nitrogens is 2. The van der Waals surface area contributed by atoms with Crippen molar-refractivity contribution in [3.8, 4) is 0 Å². The lowest BCUT2D eigenvalue weighted by molar-refractivity contribution is -0.158. The molecule has 7 rings (SSSR count). The minimum Gasteiger partial charge on any atom is -0.361 e. The van der Waals surface area contributed by atoms with Gasteiger partial charge in [-0.05, 0) is 103 Å². The van der Waals surface area contributed by atoms with Gasteiger partial charge in [-0.1, -0.05) is 42.5 Å². The van der Waals surface area contributed by atoms with Gasteiger partial charge in [0.25, 0.3) is 0 Å². The number of amides is 2. The van der Waals surface area contributed by atoms with E-state index >= 15 is 0 Å². The lowest BCUT2D eigenvalue weighted by atomic mass is 9.89. The molecule has 9 heteroatoms. The zero-order valence-corrected chi connectivity index (χ0v) is 29.5. The molecule has 0 radical (unpaired) electrons. The molecule has 262 valence electrons. The maximum atomic E-state index is 13.7. The smallest absolute Gasteiger partial charge is 0.234 e. The van der Waals surface area contributed by atoms with Gasteiger partial charge in [0.2, 0.25) is 11.8 Å². The van der Waals surface area contributed by atoms with Crippen LogP contribution in [0.25, 0.3) is 21.8 Å². The summed E-state index contributed by atoms with van der Waals surface area (Å²) in [7, 11) is 0. The van der Waals surface area contributed by atoms with E-state index < -0.39 is 0 Å². The van der Waals surface area contributed by atoms with E-state index in [2.05, 4.69) is 69.8 Å². The Morgan fingerprint density at radius 3 is 2.25 bits per heavy atom. The molecule has 0 unspecified atom stereocenters. The van der Waals surface area contributed by atoms with Crippen LogP contribution in [0.2, 0.25) is 0 Å². The van der Waals surface area contributed by atoms with Crippen LogP contribution >= 0.6 is 0 Å². The summed E-state index contributed by atoms with van der Waals surface area (Å²) in [6, 6.07) is 28.7. The summed E-state index contributed by atoms with van der Waals surface area (Å²) in [6.45, 7) is 7.66. The van der Waals surface area contributed by atoms with Gasteiger partial charge in [-0.15, -0.1) is 0 Å². The van der Waals surface area contributed by atoms with Crippen LogP contribution in [0, 0.1) is 12.7 Å². The monoisotopic (exact) mass is 684 g/mol. The molecule has 0 aliphatic carbocycles. The second-order valence-corrected chi connectivity index (χ2v) is 13.8. The molecule has 1 aliphatic heterocycles. The van der Waals surface area contributed by atoms with Gasteiger partial charge in [0.15, 0.2) is 0 Å².